The lowest BCUT2D eigenvalue weighted by molar-refractivity contribution is -0.386. The third-order valence-corrected chi connectivity index (χ3v) is 2.84. The maximum Gasteiger partial charge on any atom is 0.408 e. The monoisotopic (exact) mass is 358 g/mol. The second-order valence-corrected chi connectivity index (χ2v) is 6.15. The number of aliphatic carboxylic acids is 1. The molecular formula is C15H19FN2O7. The van der Waals surface area contributed by atoms with Crippen molar-refractivity contribution in [1.29, 1.82) is 0 Å². The molecule has 0 aliphatic rings. The van der Waals surface area contributed by atoms with Crippen LogP contribution >= 0.6 is 0 Å². The molecule has 1 rings (SSSR count). The van der Waals surface area contributed by atoms with Gasteiger partial charge in [-0.1, -0.05) is 0 Å². The molecule has 1 aromatic carbocycles. The molecule has 1 amide bonds. The molecule has 138 valence electrons. The molecule has 0 spiro atoms. The Kier molecular flexibility index (Phi) is 6.26. The first-order valence-corrected chi connectivity index (χ1v) is 7.23. The van der Waals surface area contributed by atoms with E-state index in [-0.39, 0.29) is 0 Å². The highest BCUT2D eigenvalue weighted by Crippen LogP contribution is 2.28. The number of benzene rings is 1. The van der Waals surface area contributed by atoms with E-state index >= 15 is 0 Å². The summed E-state index contributed by atoms with van der Waals surface area (Å²) >= 11 is 0. The molecule has 1 unspecified atom stereocenters. The zero-order chi connectivity index (χ0) is 19.4. The van der Waals surface area contributed by atoms with Crippen molar-refractivity contribution in [2.24, 2.45) is 0 Å². The Hall–Kier alpha value is -2.91. The van der Waals surface area contributed by atoms with E-state index in [1.165, 1.54) is 6.92 Å². The van der Waals surface area contributed by atoms with Crippen molar-refractivity contribution in [3.8, 4) is 5.75 Å². The van der Waals surface area contributed by atoms with E-state index in [4.69, 9.17) is 9.47 Å². The van der Waals surface area contributed by atoms with Gasteiger partial charge >= 0.3 is 17.7 Å². The van der Waals surface area contributed by atoms with Crippen molar-refractivity contribution in [1.82, 2.24) is 5.32 Å². The Morgan fingerprint density at radius 3 is 2.44 bits per heavy atom. The van der Waals surface area contributed by atoms with E-state index in [0.717, 1.165) is 18.2 Å². The largest absolute Gasteiger partial charge is 0.481 e. The Bertz CT molecular complexity index is 672. The number of nitro groups is 1. The Morgan fingerprint density at radius 1 is 1.36 bits per heavy atom. The van der Waals surface area contributed by atoms with Crippen molar-refractivity contribution in [3.05, 3.63) is 34.1 Å². The highest BCUT2D eigenvalue weighted by atomic mass is 19.1. The van der Waals surface area contributed by atoms with Gasteiger partial charge in [0.1, 0.15) is 17.5 Å². The number of amides is 1. The SMILES string of the molecule is CC(Oc1cc(F)ccc1[N+](=O)[O-])[C@@H](NC(=O)OC(C)(C)C)C(=O)O. The molecule has 0 aliphatic carbocycles. The van der Waals surface area contributed by atoms with Gasteiger partial charge in [-0.15, -0.1) is 0 Å². The molecule has 0 saturated carbocycles. The highest BCUT2D eigenvalue weighted by Gasteiger charge is 2.31. The summed E-state index contributed by atoms with van der Waals surface area (Å²) in [6.07, 6.45) is -2.24. The van der Waals surface area contributed by atoms with Crippen LogP contribution in [-0.2, 0) is 9.53 Å². The summed E-state index contributed by atoms with van der Waals surface area (Å²) in [5, 5.41) is 22.3. The van der Waals surface area contributed by atoms with E-state index in [9.17, 15) is 29.2 Å². The van der Waals surface area contributed by atoms with Gasteiger partial charge in [-0.2, -0.15) is 0 Å². The molecule has 0 radical (unpaired) electrons. The summed E-state index contributed by atoms with van der Waals surface area (Å²) in [4.78, 5) is 33.3. The predicted molar refractivity (Wildman–Crippen MR) is 83.9 cm³/mol. The third kappa shape index (κ3) is 6.24. The van der Waals surface area contributed by atoms with Crippen molar-refractivity contribution >= 4 is 17.7 Å². The van der Waals surface area contributed by atoms with Crippen LogP contribution in [0, 0.1) is 15.9 Å². The molecule has 1 aromatic rings. The fourth-order valence-corrected chi connectivity index (χ4v) is 1.82. The second kappa shape index (κ2) is 7.77. The minimum atomic E-state index is -1.57. The molecule has 2 atom stereocenters. The summed E-state index contributed by atoms with van der Waals surface area (Å²) < 4.78 is 23.5. The second-order valence-electron chi connectivity index (χ2n) is 6.15. The molecule has 25 heavy (non-hydrogen) atoms. The first-order chi connectivity index (χ1) is 11.4. The Labute approximate surface area is 142 Å². The zero-order valence-electron chi connectivity index (χ0n) is 14.1. The Morgan fingerprint density at radius 2 is 1.96 bits per heavy atom. The average Bonchev–Trinajstić information content (AvgIpc) is 2.42. The molecular weight excluding hydrogens is 339 g/mol. The van der Waals surface area contributed by atoms with Gasteiger partial charge in [0.2, 0.25) is 0 Å². The van der Waals surface area contributed by atoms with Crippen LogP contribution in [0.15, 0.2) is 18.2 Å². The van der Waals surface area contributed by atoms with Crippen molar-refractivity contribution in [2.45, 2.75) is 45.4 Å². The number of halogens is 1. The lowest BCUT2D eigenvalue weighted by atomic mass is 10.1. The first-order valence-electron chi connectivity index (χ1n) is 7.23. The molecule has 0 bridgehead atoms. The smallest absolute Gasteiger partial charge is 0.408 e. The number of carboxylic acid groups (broad SMARTS) is 1. The first kappa shape index (κ1) is 20.1. The quantitative estimate of drug-likeness (QED) is 0.590. The lowest BCUT2D eigenvalue weighted by Crippen LogP contribution is -2.51. The number of hydrogen-bond acceptors (Lipinski definition) is 6. The summed E-state index contributed by atoms with van der Waals surface area (Å²) in [7, 11) is 0. The topological polar surface area (TPSA) is 128 Å². The number of rotatable bonds is 6. The highest BCUT2D eigenvalue weighted by molar-refractivity contribution is 5.80. The molecule has 9 nitrogen and oxygen atoms in total. The van der Waals surface area contributed by atoms with Gasteiger partial charge in [-0.25, -0.2) is 14.0 Å². The van der Waals surface area contributed by atoms with E-state index in [1.54, 1.807) is 20.8 Å². The third-order valence-electron chi connectivity index (χ3n) is 2.84. The van der Waals surface area contributed by atoms with Crippen LogP contribution in [0.5, 0.6) is 5.75 Å². The maximum absolute atomic E-state index is 13.3. The number of carboxylic acids is 1. The number of nitrogens with one attached hydrogen (secondary N) is 1. The molecule has 0 aliphatic heterocycles. The van der Waals surface area contributed by atoms with E-state index < -0.39 is 52.0 Å². The maximum atomic E-state index is 13.3. The lowest BCUT2D eigenvalue weighted by Gasteiger charge is -2.25. The fraction of sp³-hybridized carbons (Fsp3) is 0.467. The number of ether oxygens (including phenoxy) is 2. The van der Waals surface area contributed by atoms with Gasteiger partial charge < -0.3 is 19.9 Å². The number of carbonyl (C=O) groups excluding carboxylic acids is 1. The minimum Gasteiger partial charge on any atom is -0.481 e. The van der Waals surface area contributed by atoms with Gasteiger partial charge in [-0.3, -0.25) is 10.1 Å². The summed E-state index contributed by atoms with van der Waals surface area (Å²) in [6.45, 7) is 6.06. The van der Waals surface area contributed by atoms with Gasteiger partial charge in [0, 0.05) is 12.1 Å². The molecule has 0 saturated heterocycles. The van der Waals surface area contributed by atoms with Crippen LogP contribution in [-0.4, -0.2) is 39.8 Å². The zero-order valence-corrected chi connectivity index (χ0v) is 14.1. The minimum absolute atomic E-state index is 0.449. The molecule has 10 heteroatoms. The van der Waals surface area contributed by atoms with Crippen LogP contribution in [0.3, 0.4) is 0 Å². The van der Waals surface area contributed by atoms with Gasteiger partial charge in [-0.05, 0) is 33.8 Å². The van der Waals surface area contributed by atoms with E-state index in [2.05, 4.69) is 5.32 Å². The molecule has 0 heterocycles. The van der Waals surface area contributed by atoms with Crippen LogP contribution in [0.1, 0.15) is 27.7 Å². The number of alkyl carbamates (subject to hydrolysis) is 1. The molecule has 0 fully saturated rings. The normalized spacial score (nSPS) is 13.5. The van der Waals surface area contributed by atoms with Gasteiger partial charge in [0.25, 0.3) is 0 Å². The molecule has 0 aromatic heterocycles. The van der Waals surface area contributed by atoms with Crippen LogP contribution in [0.4, 0.5) is 14.9 Å². The number of hydrogen-bond donors (Lipinski definition) is 2. The van der Waals surface area contributed by atoms with Crippen molar-refractivity contribution in [3.63, 3.8) is 0 Å². The van der Waals surface area contributed by atoms with Crippen molar-refractivity contribution < 1.29 is 33.5 Å². The van der Waals surface area contributed by atoms with Crippen LogP contribution in [0.2, 0.25) is 0 Å². The van der Waals surface area contributed by atoms with Gasteiger partial charge in [0.05, 0.1) is 4.92 Å². The summed E-state index contributed by atoms with van der Waals surface area (Å²) in [5.41, 5.74) is -1.38. The average molecular weight is 358 g/mol. The van der Waals surface area contributed by atoms with Crippen LogP contribution in [0.25, 0.3) is 0 Å². The predicted octanol–water partition coefficient (Wildman–Crippen LogP) is 2.48. The number of nitro benzene ring substituents is 1. The molecule has 2 N–H and O–H groups in total. The van der Waals surface area contributed by atoms with E-state index in [1.807, 2.05) is 0 Å². The van der Waals surface area contributed by atoms with E-state index in [0.29, 0.717) is 0 Å². The number of carbonyl (C=O) groups is 2. The fourth-order valence-electron chi connectivity index (χ4n) is 1.82. The summed E-state index contributed by atoms with van der Waals surface area (Å²) in [5.74, 6) is -2.69. The van der Waals surface area contributed by atoms with Gasteiger partial charge in [0.15, 0.2) is 11.8 Å². The summed E-state index contributed by atoms with van der Waals surface area (Å²) in [6, 6.07) is 0.969. The van der Waals surface area contributed by atoms with Crippen molar-refractivity contribution in [2.75, 3.05) is 0 Å². The Balaban J connectivity index is 2.96. The standard InChI is InChI=1S/C15H19FN2O7/c1-8(12(13(19)20)17-14(21)25-15(2,3)4)24-11-7-9(16)5-6-10(11)18(22)23/h5-8,12H,1-4H3,(H,17,21)(H,19,20)/t8?,12-/m1/s1. The van der Waals surface area contributed by atoms with Crippen LogP contribution < -0.4 is 10.1 Å². The number of nitrogens with zero attached hydrogens (tertiary/aromatic N) is 1.